The third kappa shape index (κ3) is 5.00. The van der Waals surface area contributed by atoms with Gasteiger partial charge >= 0.3 is 0 Å². The largest absolute Gasteiger partial charge is 0.354 e. The fourth-order valence-electron chi connectivity index (χ4n) is 3.88. The van der Waals surface area contributed by atoms with Crippen LogP contribution in [0.1, 0.15) is 50.5 Å². The molecule has 2 heterocycles. The summed E-state index contributed by atoms with van der Waals surface area (Å²) in [5.41, 5.74) is 3.76. The Morgan fingerprint density at radius 1 is 1.00 bits per heavy atom. The van der Waals surface area contributed by atoms with Crippen molar-refractivity contribution in [1.82, 2.24) is 15.0 Å². The van der Waals surface area contributed by atoms with Gasteiger partial charge in [0.05, 0.1) is 0 Å². The Morgan fingerprint density at radius 2 is 1.86 bits per heavy atom. The Hall–Kier alpha value is -2.63. The highest BCUT2D eigenvalue weighted by Gasteiger charge is 2.17. The number of anilines is 4. The molecule has 2 aromatic rings. The van der Waals surface area contributed by atoms with Crippen molar-refractivity contribution in [2.24, 2.45) is 0 Å². The maximum absolute atomic E-state index is 4.69. The molecule has 1 saturated heterocycles. The molecule has 2 N–H and O–H groups in total. The second-order valence-electron chi connectivity index (χ2n) is 7.76. The van der Waals surface area contributed by atoms with E-state index in [1.54, 1.807) is 5.57 Å². The van der Waals surface area contributed by atoms with Crippen molar-refractivity contribution >= 4 is 23.5 Å². The molecule has 0 amide bonds. The molecule has 1 aromatic heterocycles. The van der Waals surface area contributed by atoms with E-state index in [1.165, 1.54) is 44.1 Å². The summed E-state index contributed by atoms with van der Waals surface area (Å²) in [4.78, 5) is 16.2. The summed E-state index contributed by atoms with van der Waals surface area (Å²) in [6.07, 6.45) is 11.0. The van der Waals surface area contributed by atoms with Gasteiger partial charge in [0.25, 0.3) is 0 Å². The van der Waals surface area contributed by atoms with Gasteiger partial charge in [-0.15, -0.1) is 0 Å². The summed E-state index contributed by atoms with van der Waals surface area (Å²) in [6.45, 7) is 4.97. The zero-order valence-corrected chi connectivity index (χ0v) is 16.7. The van der Waals surface area contributed by atoms with Crippen LogP contribution in [0.25, 0.3) is 0 Å². The topological polar surface area (TPSA) is 66.0 Å². The zero-order valence-electron chi connectivity index (χ0n) is 16.7. The van der Waals surface area contributed by atoms with E-state index in [0.29, 0.717) is 11.9 Å². The monoisotopic (exact) mass is 378 g/mol. The Bertz CT molecular complexity index is 826. The minimum atomic E-state index is 0.599. The molecular weight excluding hydrogens is 348 g/mol. The zero-order chi connectivity index (χ0) is 19.2. The average molecular weight is 379 g/mol. The van der Waals surface area contributed by atoms with Crippen molar-refractivity contribution < 1.29 is 0 Å². The maximum atomic E-state index is 4.69. The van der Waals surface area contributed by atoms with Crippen LogP contribution in [0.3, 0.4) is 0 Å². The fourth-order valence-corrected chi connectivity index (χ4v) is 3.88. The summed E-state index contributed by atoms with van der Waals surface area (Å²) in [6, 6.07) is 8.26. The highest BCUT2D eigenvalue weighted by Crippen LogP contribution is 2.22. The molecule has 0 atom stereocenters. The Morgan fingerprint density at radius 3 is 2.64 bits per heavy atom. The van der Waals surface area contributed by atoms with Gasteiger partial charge in [-0.05, 0) is 69.6 Å². The summed E-state index contributed by atoms with van der Waals surface area (Å²) >= 11 is 0. The first-order valence-corrected chi connectivity index (χ1v) is 10.5. The lowest BCUT2D eigenvalue weighted by Crippen LogP contribution is -2.22. The molecule has 6 heteroatoms. The molecule has 1 aliphatic heterocycles. The second kappa shape index (κ2) is 9.04. The predicted molar refractivity (Wildman–Crippen MR) is 115 cm³/mol. The normalized spacial score (nSPS) is 16.8. The third-order valence-corrected chi connectivity index (χ3v) is 5.40. The van der Waals surface area contributed by atoms with Gasteiger partial charge in [0.2, 0.25) is 17.8 Å². The quantitative estimate of drug-likeness (QED) is 0.673. The van der Waals surface area contributed by atoms with Gasteiger partial charge in [-0.2, -0.15) is 15.0 Å². The number of allylic oxidation sites excluding steroid dienone is 1. The lowest BCUT2D eigenvalue weighted by molar-refractivity contribution is 0.679. The van der Waals surface area contributed by atoms with Crippen LogP contribution >= 0.6 is 0 Å². The Kier molecular flexibility index (Phi) is 6.04. The van der Waals surface area contributed by atoms with Gasteiger partial charge in [-0.1, -0.05) is 23.8 Å². The standard InChI is InChI=1S/C22H30N6/c1-17-8-7-11-19(16-17)24-21-25-20(23-13-12-18-9-3-2-4-10-18)26-22(27-21)28-14-5-6-15-28/h7-9,11,16H,2-6,10,12-15H2,1H3,(H2,23,24,25,26,27). The van der Waals surface area contributed by atoms with Crippen LogP contribution in [0.4, 0.5) is 23.5 Å². The van der Waals surface area contributed by atoms with Gasteiger partial charge < -0.3 is 15.5 Å². The minimum Gasteiger partial charge on any atom is -0.354 e. The molecule has 2 aliphatic rings. The summed E-state index contributed by atoms with van der Waals surface area (Å²) in [7, 11) is 0. The molecule has 28 heavy (non-hydrogen) atoms. The van der Waals surface area contributed by atoms with Gasteiger partial charge in [-0.25, -0.2) is 0 Å². The van der Waals surface area contributed by atoms with E-state index in [1.807, 2.05) is 12.1 Å². The summed E-state index contributed by atoms with van der Waals surface area (Å²) in [5, 5.41) is 6.77. The molecule has 0 unspecified atom stereocenters. The molecule has 0 spiro atoms. The predicted octanol–water partition coefficient (Wildman–Crippen LogP) is 4.83. The molecule has 0 saturated carbocycles. The number of nitrogens with one attached hydrogen (secondary N) is 2. The van der Waals surface area contributed by atoms with Crippen LogP contribution < -0.4 is 15.5 Å². The molecule has 0 bridgehead atoms. The lowest BCUT2D eigenvalue weighted by Gasteiger charge is -2.18. The van der Waals surface area contributed by atoms with Crippen molar-refractivity contribution in [2.75, 3.05) is 35.2 Å². The van der Waals surface area contributed by atoms with Gasteiger partial charge in [0.1, 0.15) is 0 Å². The van der Waals surface area contributed by atoms with E-state index >= 15 is 0 Å². The van der Waals surface area contributed by atoms with E-state index < -0.39 is 0 Å². The highest BCUT2D eigenvalue weighted by molar-refractivity contribution is 5.56. The first-order valence-electron chi connectivity index (χ1n) is 10.5. The highest BCUT2D eigenvalue weighted by atomic mass is 15.3. The van der Waals surface area contributed by atoms with Crippen LogP contribution in [0, 0.1) is 6.92 Å². The van der Waals surface area contributed by atoms with E-state index in [4.69, 9.17) is 4.98 Å². The van der Waals surface area contributed by atoms with Crippen LogP contribution in [0.15, 0.2) is 35.9 Å². The van der Waals surface area contributed by atoms with Crippen molar-refractivity contribution in [1.29, 1.82) is 0 Å². The van der Waals surface area contributed by atoms with Gasteiger partial charge in [-0.3, -0.25) is 0 Å². The average Bonchev–Trinajstić information content (AvgIpc) is 3.24. The number of rotatable bonds is 7. The molecule has 6 nitrogen and oxygen atoms in total. The number of nitrogens with zero attached hydrogens (tertiary/aromatic N) is 4. The SMILES string of the molecule is Cc1cccc(Nc2nc(NCCC3=CCCCC3)nc(N3CCCC3)n2)c1. The van der Waals surface area contributed by atoms with E-state index in [0.717, 1.165) is 37.7 Å². The van der Waals surface area contributed by atoms with E-state index in [2.05, 4.69) is 50.6 Å². The van der Waals surface area contributed by atoms with Crippen LogP contribution in [0.2, 0.25) is 0 Å². The summed E-state index contributed by atoms with van der Waals surface area (Å²) < 4.78 is 0. The van der Waals surface area contributed by atoms with Crippen LogP contribution in [0.5, 0.6) is 0 Å². The first-order chi connectivity index (χ1) is 13.8. The van der Waals surface area contributed by atoms with Gasteiger partial charge in [0, 0.05) is 25.3 Å². The Labute approximate surface area is 167 Å². The molecule has 4 rings (SSSR count). The molecule has 1 aliphatic carbocycles. The van der Waals surface area contributed by atoms with Crippen molar-refractivity contribution in [2.45, 2.75) is 51.9 Å². The van der Waals surface area contributed by atoms with Crippen LogP contribution in [-0.2, 0) is 0 Å². The summed E-state index contributed by atoms with van der Waals surface area (Å²) in [5.74, 6) is 2.02. The van der Waals surface area contributed by atoms with Crippen molar-refractivity contribution in [3.63, 3.8) is 0 Å². The van der Waals surface area contributed by atoms with Crippen molar-refractivity contribution in [3.8, 4) is 0 Å². The van der Waals surface area contributed by atoms with Gasteiger partial charge in [0.15, 0.2) is 0 Å². The smallest absolute Gasteiger partial charge is 0.233 e. The fraction of sp³-hybridized carbons (Fsp3) is 0.500. The molecule has 0 radical (unpaired) electrons. The first kappa shape index (κ1) is 18.7. The second-order valence-corrected chi connectivity index (χ2v) is 7.76. The van der Waals surface area contributed by atoms with E-state index in [-0.39, 0.29) is 0 Å². The van der Waals surface area contributed by atoms with Crippen molar-refractivity contribution in [3.05, 3.63) is 41.5 Å². The number of aryl methyl sites for hydroxylation is 1. The molecule has 1 aromatic carbocycles. The van der Waals surface area contributed by atoms with E-state index in [9.17, 15) is 0 Å². The molecular formula is C22H30N6. The lowest BCUT2D eigenvalue weighted by atomic mass is 9.97. The van der Waals surface area contributed by atoms with Crippen LogP contribution in [-0.4, -0.2) is 34.6 Å². The number of benzene rings is 1. The number of hydrogen-bond acceptors (Lipinski definition) is 6. The molecule has 1 fully saturated rings. The Balaban J connectivity index is 1.49. The third-order valence-electron chi connectivity index (χ3n) is 5.40. The maximum Gasteiger partial charge on any atom is 0.233 e. The number of aromatic nitrogens is 3. The number of hydrogen-bond donors (Lipinski definition) is 2. The molecule has 148 valence electrons. The minimum absolute atomic E-state index is 0.599.